The van der Waals surface area contributed by atoms with Crippen molar-refractivity contribution < 1.29 is 0 Å². The van der Waals surface area contributed by atoms with Gasteiger partial charge in [-0.05, 0) is 216 Å². The average molecular weight is 1620 g/mol. The molecule has 0 aliphatic heterocycles. The molecule has 570 valence electrons. The minimum Gasteiger partial charge on any atom is -0.252 e. The summed E-state index contributed by atoms with van der Waals surface area (Å²) in [5.74, 6) is 0. The van der Waals surface area contributed by atoms with Crippen LogP contribution in [0.15, 0.2) is 401 Å². The molecule has 0 saturated carbocycles. The fourth-order valence-electron chi connectivity index (χ4n) is 19.3. The molecule has 6 heterocycles. The predicted octanol–water partition coefficient (Wildman–Crippen LogP) is 32.4. The Labute approximate surface area is 716 Å². The second-order valence-corrected chi connectivity index (χ2v) is 35.0. The summed E-state index contributed by atoms with van der Waals surface area (Å²) < 4.78 is 8.00. The number of fused-ring (bicyclic) bond motifs is 30. The maximum atomic E-state index is 4.73. The van der Waals surface area contributed by atoms with Crippen molar-refractivity contribution in [3.8, 4) is 66.8 Å². The van der Waals surface area contributed by atoms with Crippen molar-refractivity contribution in [2.24, 2.45) is 0 Å². The number of hydrogen-bond donors (Lipinski definition) is 0. The van der Waals surface area contributed by atoms with E-state index in [0.717, 1.165) is 65.4 Å². The van der Waals surface area contributed by atoms with Crippen LogP contribution in [0.1, 0.15) is 0 Å². The Balaban J connectivity index is 0.000000101. The van der Waals surface area contributed by atoms with Crippen LogP contribution in [0.3, 0.4) is 0 Å². The molecule has 0 fully saturated rings. The number of hydrogen-bond acceptors (Lipinski definition) is 9. The molecule has 27 rings (SSSR count). The van der Waals surface area contributed by atoms with Gasteiger partial charge in [0.05, 0.1) is 33.1 Å². The number of rotatable bonds is 6. The first-order valence-electron chi connectivity index (χ1n) is 41.5. The minimum absolute atomic E-state index is 0.948. The third-order valence-electron chi connectivity index (χ3n) is 25.1. The Morgan fingerprint density at radius 1 is 0.130 bits per heavy atom. The summed E-state index contributed by atoms with van der Waals surface area (Å²) in [6.45, 7) is 0. The van der Waals surface area contributed by atoms with Crippen LogP contribution in [0.25, 0.3) is 257 Å². The van der Waals surface area contributed by atoms with E-state index >= 15 is 0 Å². The van der Waals surface area contributed by atoms with Crippen LogP contribution >= 0.6 is 34.0 Å². The number of thiophene rings is 3. The van der Waals surface area contributed by atoms with E-state index in [1.54, 1.807) is 37.2 Å². The normalized spacial score (nSPS) is 11.9. The molecular formula is C114H66N6S3. The molecule has 123 heavy (non-hydrogen) atoms. The van der Waals surface area contributed by atoms with Gasteiger partial charge in [-0.2, -0.15) is 0 Å². The molecule has 0 unspecified atom stereocenters. The molecule has 6 aromatic heterocycles. The van der Waals surface area contributed by atoms with Crippen LogP contribution in [-0.4, -0.2) is 29.9 Å². The lowest BCUT2D eigenvalue weighted by Crippen LogP contribution is -1.90. The van der Waals surface area contributed by atoms with E-state index in [9.17, 15) is 0 Å². The largest absolute Gasteiger partial charge is 0.252 e. The van der Waals surface area contributed by atoms with Crippen LogP contribution < -0.4 is 0 Å². The van der Waals surface area contributed by atoms with Gasteiger partial charge in [0.2, 0.25) is 0 Å². The smallest absolute Gasteiger partial charge is 0.0971 e. The lowest BCUT2D eigenvalue weighted by molar-refractivity contribution is 1.31. The van der Waals surface area contributed by atoms with Crippen molar-refractivity contribution in [3.63, 3.8) is 0 Å². The van der Waals surface area contributed by atoms with E-state index in [2.05, 4.69) is 379 Å². The Hall–Kier alpha value is -15.4. The molecule has 0 spiro atoms. The van der Waals surface area contributed by atoms with Crippen molar-refractivity contribution in [2.45, 2.75) is 0 Å². The van der Waals surface area contributed by atoms with E-state index in [0.29, 0.717) is 0 Å². The summed E-state index contributed by atoms with van der Waals surface area (Å²) in [7, 11) is 0. The highest BCUT2D eigenvalue weighted by molar-refractivity contribution is 7.26. The molecule has 0 N–H and O–H groups in total. The molecule has 21 aromatic carbocycles. The minimum atomic E-state index is 0.948. The zero-order chi connectivity index (χ0) is 80.7. The van der Waals surface area contributed by atoms with Gasteiger partial charge < -0.3 is 0 Å². The second kappa shape index (κ2) is 28.7. The lowest BCUT2D eigenvalue weighted by atomic mass is 9.90. The van der Waals surface area contributed by atoms with Gasteiger partial charge in [-0.1, -0.05) is 279 Å². The summed E-state index contributed by atoms with van der Waals surface area (Å²) in [6.07, 6.45) is 10.7. The van der Waals surface area contributed by atoms with Gasteiger partial charge in [0.15, 0.2) is 0 Å². The fourth-order valence-corrected chi connectivity index (χ4v) is 22.6. The highest BCUT2D eigenvalue weighted by Crippen LogP contribution is 2.47. The third-order valence-corrected chi connectivity index (χ3v) is 28.5. The molecule has 0 bridgehead atoms. The fraction of sp³-hybridized carbons (Fsp3) is 0. The lowest BCUT2D eigenvalue weighted by Gasteiger charge is -2.14. The highest BCUT2D eigenvalue weighted by atomic mass is 32.1. The van der Waals surface area contributed by atoms with Crippen molar-refractivity contribution in [1.82, 2.24) is 29.9 Å². The van der Waals surface area contributed by atoms with Crippen molar-refractivity contribution in [2.75, 3.05) is 0 Å². The summed E-state index contributed by atoms with van der Waals surface area (Å²) in [5.41, 5.74) is 20.5. The molecule has 0 radical (unpaired) electrons. The maximum absolute atomic E-state index is 4.73. The monoisotopic (exact) mass is 1610 g/mol. The second-order valence-electron chi connectivity index (χ2n) is 31.8. The quantitative estimate of drug-likeness (QED) is 0.154. The Morgan fingerprint density at radius 3 is 0.715 bits per heavy atom. The molecular weight excluding hydrogens is 1550 g/mol. The number of aromatic nitrogens is 6. The SMILES string of the molecule is c1ccc2c(c1)sc1ccc(-c3ccc(-c4ccc5c(c4)c4ccccc4c4nccnc54)c4ccccc34)cc12.c1ccc2c(c1)sc1ccc(-c3ccc4ccc(-c5ccc6c(c5)c5ccccc5c5nccnc65)cc4c3)cc12.c1ccc2c(c1)sc1ccc(-c3cccc4c(-c5ccc6c(c5)c5ccccc5c5nccnc65)cccc34)cc12. The predicted molar refractivity (Wildman–Crippen MR) is 527 cm³/mol. The van der Waals surface area contributed by atoms with Crippen molar-refractivity contribution in [1.29, 1.82) is 0 Å². The van der Waals surface area contributed by atoms with Crippen LogP contribution in [0.4, 0.5) is 0 Å². The average Bonchev–Trinajstić information content (AvgIpc) is 1.70. The third kappa shape index (κ3) is 11.7. The summed E-state index contributed by atoms with van der Waals surface area (Å²) >= 11 is 5.59. The highest BCUT2D eigenvalue weighted by Gasteiger charge is 2.21. The molecule has 27 aromatic rings. The van der Waals surface area contributed by atoms with E-state index in [-0.39, 0.29) is 0 Å². The van der Waals surface area contributed by atoms with E-state index in [1.807, 2.05) is 34.0 Å². The van der Waals surface area contributed by atoms with Gasteiger partial charge in [0.25, 0.3) is 0 Å². The maximum Gasteiger partial charge on any atom is 0.0971 e. The van der Waals surface area contributed by atoms with Gasteiger partial charge in [-0.15, -0.1) is 34.0 Å². The van der Waals surface area contributed by atoms with Gasteiger partial charge in [-0.25, -0.2) is 0 Å². The number of benzene rings is 21. The van der Waals surface area contributed by atoms with Gasteiger partial charge in [0, 0.05) is 130 Å². The van der Waals surface area contributed by atoms with Crippen molar-refractivity contribution >= 4 is 225 Å². The summed E-state index contributed by atoms with van der Waals surface area (Å²) in [4.78, 5) is 28.2. The zero-order valence-corrected chi connectivity index (χ0v) is 68.5. The van der Waals surface area contributed by atoms with Crippen LogP contribution in [0, 0.1) is 0 Å². The van der Waals surface area contributed by atoms with Crippen LogP contribution in [0.2, 0.25) is 0 Å². The summed E-state index contributed by atoms with van der Waals surface area (Å²) in [6, 6.07) is 133. The van der Waals surface area contributed by atoms with Gasteiger partial charge >= 0.3 is 0 Å². The molecule has 6 nitrogen and oxygen atoms in total. The first-order chi connectivity index (χ1) is 61.0. The molecule has 0 atom stereocenters. The molecule has 0 saturated heterocycles. The van der Waals surface area contributed by atoms with E-state index in [1.165, 1.54) is 192 Å². The van der Waals surface area contributed by atoms with Gasteiger partial charge in [0.1, 0.15) is 0 Å². The topological polar surface area (TPSA) is 77.3 Å². The molecule has 0 amide bonds. The first kappa shape index (κ1) is 70.6. The van der Waals surface area contributed by atoms with Crippen LogP contribution in [-0.2, 0) is 0 Å². The zero-order valence-electron chi connectivity index (χ0n) is 66.0. The van der Waals surface area contributed by atoms with Crippen LogP contribution in [0.5, 0.6) is 0 Å². The van der Waals surface area contributed by atoms with E-state index in [4.69, 9.17) is 15.0 Å². The Bertz CT molecular complexity index is 8730. The van der Waals surface area contributed by atoms with E-state index < -0.39 is 0 Å². The van der Waals surface area contributed by atoms with Gasteiger partial charge in [-0.3, -0.25) is 29.9 Å². The molecule has 0 aliphatic carbocycles. The standard InChI is InChI=1S/3C38H22N2S/c1-2-9-31-29(7-1)33-21-23(15-17-32(33)38-37(31)39-19-20-40-38)25-10-5-13-28-26(11-6-12-27(25)28)24-16-18-36-34(22-24)30-8-3-4-14-35(30)41-36;1-2-8-28-26(24-14-18-36-34(22-24)30-10-5-6-12-35(30)41-36)17-16-25(27(28)7-1)23-13-15-32-33(21-23)29-9-3-4-11-31(29)37-38(32)40-20-19-39-37;1-2-7-31-29(5-1)33-21-26(13-15-32(33)38-37(31)39-17-18-40-38)24-11-9-23-10-12-25(20-28(23)19-24)27-14-16-36-34(22-27)30-6-3-4-8-35(30)41-36/h3*1-22H. The summed E-state index contributed by atoms with van der Waals surface area (Å²) in [5, 5.41) is 29.5. The Morgan fingerprint density at radius 2 is 0.358 bits per heavy atom. The molecule has 9 heteroatoms. The Kier molecular flexibility index (Phi) is 16.5. The molecule has 0 aliphatic rings. The number of nitrogens with zero attached hydrogens (tertiary/aromatic N) is 6. The first-order valence-corrected chi connectivity index (χ1v) is 43.9. The van der Waals surface area contributed by atoms with Crippen molar-refractivity contribution in [3.05, 3.63) is 401 Å².